The van der Waals surface area contributed by atoms with Crippen LogP contribution in [0.15, 0.2) is 24.3 Å². The van der Waals surface area contributed by atoms with E-state index in [2.05, 4.69) is 0 Å². The van der Waals surface area contributed by atoms with Crippen LogP contribution in [0.4, 0.5) is 0 Å². The molecule has 0 heterocycles. The first-order valence-corrected chi connectivity index (χ1v) is 8.86. The first-order chi connectivity index (χ1) is 11.8. The number of carbonyl (C=O) groups is 3. The zero-order valence-electron chi connectivity index (χ0n) is 15.2. The van der Waals surface area contributed by atoms with Gasteiger partial charge in [0.15, 0.2) is 11.5 Å². The van der Waals surface area contributed by atoms with Crippen molar-refractivity contribution in [3.63, 3.8) is 0 Å². The fraction of sp³-hybridized carbons (Fsp3) is 0.550. The Bertz CT molecular complexity index is 649. The predicted molar refractivity (Wildman–Crippen MR) is 93.7 cm³/mol. The molecular formula is C20H26O5. The van der Waals surface area contributed by atoms with E-state index in [0.29, 0.717) is 24.3 Å². The predicted octanol–water partition coefficient (Wildman–Crippen LogP) is 3.88. The van der Waals surface area contributed by atoms with Gasteiger partial charge in [-0.25, -0.2) is 0 Å². The summed E-state index contributed by atoms with van der Waals surface area (Å²) in [4.78, 5) is 36.9. The Morgan fingerprint density at radius 2 is 1.84 bits per heavy atom. The Morgan fingerprint density at radius 1 is 1.16 bits per heavy atom. The lowest BCUT2D eigenvalue weighted by molar-refractivity contribution is -0.155. The van der Waals surface area contributed by atoms with Crippen molar-refractivity contribution in [2.24, 2.45) is 5.41 Å². The lowest BCUT2D eigenvalue weighted by atomic mass is 9.70. The molecule has 0 N–H and O–H groups in total. The minimum atomic E-state index is -1.21. The first kappa shape index (κ1) is 19.2. The number of benzene rings is 1. The second kappa shape index (κ2) is 8.28. The molecule has 5 nitrogen and oxygen atoms in total. The molecule has 136 valence electrons. The molecule has 0 saturated heterocycles. The Morgan fingerprint density at radius 3 is 2.44 bits per heavy atom. The van der Waals surface area contributed by atoms with Gasteiger partial charge in [-0.1, -0.05) is 18.6 Å². The van der Waals surface area contributed by atoms with Gasteiger partial charge in [0.2, 0.25) is 0 Å². The van der Waals surface area contributed by atoms with Crippen LogP contribution in [-0.2, 0) is 14.4 Å². The highest BCUT2D eigenvalue weighted by molar-refractivity contribution is 6.05. The Hall–Kier alpha value is -2.17. The van der Waals surface area contributed by atoms with E-state index in [0.717, 1.165) is 12.8 Å². The van der Waals surface area contributed by atoms with Gasteiger partial charge in [-0.3, -0.25) is 9.59 Å². The van der Waals surface area contributed by atoms with E-state index >= 15 is 0 Å². The molecule has 1 saturated carbocycles. The first-order valence-electron chi connectivity index (χ1n) is 8.86. The maximum atomic E-state index is 12.9. The van der Waals surface area contributed by atoms with E-state index in [1.807, 2.05) is 13.8 Å². The maximum absolute atomic E-state index is 12.9. The highest BCUT2D eigenvalue weighted by atomic mass is 16.6. The number of esters is 1. The SMILES string of the molecule is CC(=O)CCC1(C(=O)Oc2ccccc2OC(C)C)CCCCC1=O. The number of rotatable bonds is 7. The molecule has 1 aromatic carbocycles. The Kier molecular flexibility index (Phi) is 6.34. The molecule has 0 spiro atoms. The zero-order valence-corrected chi connectivity index (χ0v) is 15.2. The van der Waals surface area contributed by atoms with Gasteiger partial charge in [0, 0.05) is 12.8 Å². The molecule has 1 atom stereocenters. The molecule has 0 radical (unpaired) electrons. The van der Waals surface area contributed by atoms with Crippen LogP contribution in [0, 0.1) is 5.41 Å². The van der Waals surface area contributed by atoms with Gasteiger partial charge < -0.3 is 14.3 Å². The van der Waals surface area contributed by atoms with Gasteiger partial charge in [-0.2, -0.15) is 0 Å². The summed E-state index contributed by atoms with van der Waals surface area (Å²) in [5.74, 6) is 0.0530. The largest absolute Gasteiger partial charge is 0.487 e. The molecule has 0 aliphatic heterocycles. The lowest BCUT2D eigenvalue weighted by Crippen LogP contribution is -2.44. The number of hydrogen-bond donors (Lipinski definition) is 0. The van der Waals surface area contributed by atoms with E-state index in [1.54, 1.807) is 24.3 Å². The van der Waals surface area contributed by atoms with Gasteiger partial charge >= 0.3 is 5.97 Å². The van der Waals surface area contributed by atoms with Crippen LogP contribution in [0.25, 0.3) is 0 Å². The highest BCUT2D eigenvalue weighted by Crippen LogP contribution is 2.40. The van der Waals surface area contributed by atoms with E-state index in [-0.39, 0.29) is 30.5 Å². The molecular weight excluding hydrogens is 320 g/mol. The monoisotopic (exact) mass is 346 g/mol. The van der Waals surface area contributed by atoms with E-state index < -0.39 is 11.4 Å². The molecule has 2 rings (SSSR count). The van der Waals surface area contributed by atoms with Crippen molar-refractivity contribution in [3.8, 4) is 11.5 Å². The fourth-order valence-electron chi connectivity index (χ4n) is 3.15. The summed E-state index contributed by atoms with van der Waals surface area (Å²) in [5.41, 5.74) is -1.21. The summed E-state index contributed by atoms with van der Waals surface area (Å²) in [5, 5.41) is 0. The van der Waals surface area contributed by atoms with Crippen LogP contribution >= 0.6 is 0 Å². The van der Waals surface area contributed by atoms with Crippen molar-refractivity contribution in [1.29, 1.82) is 0 Å². The zero-order chi connectivity index (χ0) is 18.4. The molecule has 0 bridgehead atoms. The van der Waals surface area contributed by atoms with Crippen LogP contribution in [0.3, 0.4) is 0 Å². The quantitative estimate of drug-likeness (QED) is 0.426. The van der Waals surface area contributed by atoms with Gasteiger partial charge in [-0.05, 0) is 52.2 Å². The van der Waals surface area contributed by atoms with Crippen LogP contribution in [0.1, 0.15) is 59.3 Å². The molecule has 25 heavy (non-hydrogen) atoms. The molecule has 0 aromatic heterocycles. The number of ketones is 2. The highest BCUT2D eigenvalue weighted by Gasteiger charge is 2.48. The average Bonchev–Trinajstić information content (AvgIpc) is 2.55. The van der Waals surface area contributed by atoms with E-state index in [1.165, 1.54) is 6.92 Å². The van der Waals surface area contributed by atoms with Crippen molar-refractivity contribution in [2.45, 2.75) is 65.4 Å². The minimum Gasteiger partial charge on any atom is -0.487 e. The third-order valence-corrected chi connectivity index (χ3v) is 4.50. The topological polar surface area (TPSA) is 69.7 Å². The second-order valence-corrected chi connectivity index (χ2v) is 6.92. The van der Waals surface area contributed by atoms with Gasteiger partial charge in [0.25, 0.3) is 0 Å². The second-order valence-electron chi connectivity index (χ2n) is 6.92. The molecule has 1 aliphatic rings. The molecule has 1 aliphatic carbocycles. The summed E-state index contributed by atoms with van der Waals surface area (Å²) in [6, 6.07) is 6.93. The van der Waals surface area contributed by atoms with Crippen LogP contribution in [0.5, 0.6) is 11.5 Å². The van der Waals surface area contributed by atoms with E-state index in [4.69, 9.17) is 9.47 Å². The van der Waals surface area contributed by atoms with Crippen molar-refractivity contribution >= 4 is 17.5 Å². The van der Waals surface area contributed by atoms with Crippen molar-refractivity contribution in [2.75, 3.05) is 0 Å². The minimum absolute atomic E-state index is 0.0333. The normalized spacial score (nSPS) is 20.4. The number of hydrogen-bond acceptors (Lipinski definition) is 5. The maximum Gasteiger partial charge on any atom is 0.325 e. The fourth-order valence-corrected chi connectivity index (χ4v) is 3.15. The summed E-state index contributed by atoms with van der Waals surface area (Å²) in [6.45, 7) is 5.24. The van der Waals surface area contributed by atoms with Gasteiger partial charge in [-0.15, -0.1) is 0 Å². The Balaban J connectivity index is 2.25. The van der Waals surface area contributed by atoms with Crippen LogP contribution in [-0.4, -0.2) is 23.6 Å². The van der Waals surface area contributed by atoms with Crippen LogP contribution in [0.2, 0.25) is 0 Å². The summed E-state index contributed by atoms with van der Waals surface area (Å²) >= 11 is 0. The Labute approximate surface area is 148 Å². The van der Waals surface area contributed by atoms with Gasteiger partial charge in [0.05, 0.1) is 6.10 Å². The number of carbonyl (C=O) groups excluding carboxylic acids is 3. The standard InChI is InChI=1S/C20H26O5/c1-14(2)24-16-8-4-5-9-17(16)25-19(23)20(13-11-15(3)21)12-7-6-10-18(20)22/h4-5,8-9,14H,6-7,10-13H2,1-3H3. The number of ether oxygens (including phenoxy) is 2. The summed E-state index contributed by atoms with van der Waals surface area (Å²) in [7, 11) is 0. The van der Waals surface area contributed by atoms with Crippen LogP contribution < -0.4 is 9.47 Å². The van der Waals surface area contributed by atoms with Crippen molar-refractivity contribution in [1.82, 2.24) is 0 Å². The van der Waals surface area contributed by atoms with Crippen molar-refractivity contribution < 1.29 is 23.9 Å². The smallest absolute Gasteiger partial charge is 0.325 e. The summed E-state index contributed by atoms with van der Waals surface area (Å²) < 4.78 is 11.3. The molecule has 1 unspecified atom stereocenters. The molecule has 5 heteroatoms. The summed E-state index contributed by atoms with van der Waals surface area (Å²) in [6.07, 6.45) is 2.70. The van der Waals surface area contributed by atoms with E-state index in [9.17, 15) is 14.4 Å². The van der Waals surface area contributed by atoms with Crippen molar-refractivity contribution in [3.05, 3.63) is 24.3 Å². The third-order valence-electron chi connectivity index (χ3n) is 4.50. The molecule has 1 fully saturated rings. The number of para-hydroxylation sites is 2. The lowest BCUT2D eigenvalue weighted by Gasteiger charge is -2.33. The third kappa shape index (κ3) is 4.68. The molecule has 0 amide bonds. The molecule has 1 aromatic rings. The van der Waals surface area contributed by atoms with Gasteiger partial charge in [0.1, 0.15) is 17.0 Å². The average molecular weight is 346 g/mol. The number of Topliss-reactive ketones (excluding diaryl/α,β-unsaturated/α-hetero) is 2.